The Labute approximate surface area is 79.0 Å². The maximum Gasteiger partial charge on any atom is 0.320 e. The molecule has 1 saturated heterocycles. The first kappa shape index (κ1) is 8.60. The second-order valence-electron chi connectivity index (χ2n) is 3.82. The molecule has 13 heavy (non-hydrogen) atoms. The predicted molar refractivity (Wildman–Crippen MR) is 51.5 cm³/mol. The SMILES string of the molecule is CN1CCN(C2C=CCCC2)C1=O. The van der Waals surface area contributed by atoms with E-state index in [-0.39, 0.29) is 6.03 Å². The van der Waals surface area contributed by atoms with Crippen molar-refractivity contribution in [1.82, 2.24) is 9.80 Å². The molecule has 1 unspecified atom stereocenters. The fourth-order valence-electron chi connectivity index (χ4n) is 2.03. The van der Waals surface area contributed by atoms with Crippen LogP contribution in [0, 0.1) is 0 Å². The van der Waals surface area contributed by atoms with Gasteiger partial charge in [0.15, 0.2) is 0 Å². The Bertz CT molecular complexity index is 237. The van der Waals surface area contributed by atoms with Crippen molar-refractivity contribution in [1.29, 1.82) is 0 Å². The molecule has 2 aliphatic rings. The Hall–Kier alpha value is -0.990. The molecule has 0 spiro atoms. The van der Waals surface area contributed by atoms with Gasteiger partial charge in [-0.25, -0.2) is 4.79 Å². The third-order valence-corrected chi connectivity index (χ3v) is 2.88. The van der Waals surface area contributed by atoms with Crippen molar-refractivity contribution in [3.63, 3.8) is 0 Å². The quantitative estimate of drug-likeness (QED) is 0.560. The number of urea groups is 1. The Balaban J connectivity index is 2.04. The maximum atomic E-state index is 11.6. The molecule has 3 heteroatoms. The molecular weight excluding hydrogens is 164 g/mol. The minimum Gasteiger partial charge on any atom is -0.326 e. The molecule has 0 radical (unpaired) electrons. The molecule has 0 aromatic rings. The van der Waals surface area contributed by atoms with Gasteiger partial charge >= 0.3 is 6.03 Å². The molecule has 2 amide bonds. The lowest BCUT2D eigenvalue weighted by atomic mass is 10.0. The van der Waals surface area contributed by atoms with Crippen LogP contribution in [0.1, 0.15) is 19.3 Å². The van der Waals surface area contributed by atoms with Crippen molar-refractivity contribution < 1.29 is 4.79 Å². The van der Waals surface area contributed by atoms with Crippen LogP contribution in [-0.2, 0) is 0 Å². The molecule has 0 N–H and O–H groups in total. The van der Waals surface area contributed by atoms with Crippen LogP contribution in [0.2, 0.25) is 0 Å². The van der Waals surface area contributed by atoms with E-state index in [1.165, 1.54) is 12.8 Å². The van der Waals surface area contributed by atoms with E-state index in [4.69, 9.17) is 0 Å². The molecule has 1 heterocycles. The van der Waals surface area contributed by atoms with Gasteiger partial charge in [0.05, 0.1) is 6.04 Å². The van der Waals surface area contributed by atoms with Crippen molar-refractivity contribution >= 4 is 6.03 Å². The number of hydrogen-bond acceptors (Lipinski definition) is 1. The average Bonchev–Trinajstić information content (AvgIpc) is 2.49. The lowest BCUT2D eigenvalue weighted by Gasteiger charge is -2.26. The van der Waals surface area contributed by atoms with Crippen LogP contribution in [0.25, 0.3) is 0 Å². The summed E-state index contributed by atoms with van der Waals surface area (Å²) in [5.41, 5.74) is 0. The van der Waals surface area contributed by atoms with Gasteiger partial charge in [-0.3, -0.25) is 0 Å². The van der Waals surface area contributed by atoms with Gasteiger partial charge in [0.2, 0.25) is 0 Å². The number of amides is 2. The van der Waals surface area contributed by atoms with Gasteiger partial charge in [-0.2, -0.15) is 0 Å². The summed E-state index contributed by atoms with van der Waals surface area (Å²) in [5, 5.41) is 0. The van der Waals surface area contributed by atoms with Crippen molar-refractivity contribution in [3.05, 3.63) is 12.2 Å². The highest BCUT2D eigenvalue weighted by Gasteiger charge is 2.30. The van der Waals surface area contributed by atoms with Gasteiger partial charge in [0.25, 0.3) is 0 Å². The Kier molecular flexibility index (Phi) is 2.25. The first-order valence-electron chi connectivity index (χ1n) is 4.97. The zero-order chi connectivity index (χ0) is 9.26. The third kappa shape index (κ3) is 1.55. The highest BCUT2D eigenvalue weighted by Crippen LogP contribution is 2.20. The lowest BCUT2D eigenvalue weighted by molar-refractivity contribution is 0.187. The number of carbonyl (C=O) groups is 1. The molecule has 1 fully saturated rings. The zero-order valence-electron chi connectivity index (χ0n) is 8.07. The second-order valence-corrected chi connectivity index (χ2v) is 3.82. The minimum atomic E-state index is 0.191. The predicted octanol–water partition coefficient (Wildman–Crippen LogP) is 1.46. The van der Waals surface area contributed by atoms with Crippen LogP contribution in [-0.4, -0.2) is 42.0 Å². The van der Waals surface area contributed by atoms with E-state index in [2.05, 4.69) is 12.2 Å². The molecule has 2 rings (SSSR count). The van der Waals surface area contributed by atoms with Gasteiger partial charge in [0, 0.05) is 20.1 Å². The van der Waals surface area contributed by atoms with Crippen LogP contribution in [0.5, 0.6) is 0 Å². The first-order valence-corrected chi connectivity index (χ1v) is 4.97. The summed E-state index contributed by atoms with van der Waals surface area (Å²) in [4.78, 5) is 15.4. The highest BCUT2D eigenvalue weighted by molar-refractivity contribution is 5.76. The summed E-state index contributed by atoms with van der Waals surface area (Å²) < 4.78 is 0. The highest BCUT2D eigenvalue weighted by atomic mass is 16.2. The van der Waals surface area contributed by atoms with E-state index in [1.54, 1.807) is 4.90 Å². The normalized spacial score (nSPS) is 28.7. The fraction of sp³-hybridized carbons (Fsp3) is 0.700. The van der Waals surface area contributed by atoms with Gasteiger partial charge < -0.3 is 9.80 Å². The molecule has 3 nitrogen and oxygen atoms in total. The number of carbonyl (C=O) groups excluding carboxylic acids is 1. The molecule has 1 atom stereocenters. The summed E-state index contributed by atoms with van der Waals surface area (Å²) >= 11 is 0. The van der Waals surface area contributed by atoms with E-state index in [9.17, 15) is 4.79 Å². The van der Waals surface area contributed by atoms with Gasteiger partial charge in [-0.1, -0.05) is 12.2 Å². The summed E-state index contributed by atoms with van der Waals surface area (Å²) in [7, 11) is 1.87. The van der Waals surface area contributed by atoms with Gasteiger partial charge in [-0.15, -0.1) is 0 Å². The zero-order valence-corrected chi connectivity index (χ0v) is 8.07. The maximum absolute atomic E-state index is 11.6. The van der Waals surface area contributed by atoms with E-state index in [0.29, 0.717) is 6.04 Å². The summed E-state index contributed by atoms with van der Waals surface area (Å²) in [6.45, 7) is 1.77. The Morgan fingerprint density at radius 3 is 2.85 bits per heavy atom. The Morgan fingerprint density at radius 2 is 2.31 bits per heavy atom. The van der Waals surface area contributed by atoms with E-state index in [1.807, 2.05) is 11.9 Å². The summed E-state index contributed by atoms with van der Waals surface area (Å²) in [6, 6.07) is 0.558. The number of likely N-dealkylation sites (N-methyl/N-ethyl adjacent to an activating group) is 1. The monoisotopic (exact) mass is 180 g/mol. The first-order chi connectivity index (χ1) is 6.29. The van der Waals surface area contributed by atoms with Crippen LogP contribution in [0.15, 0.2) is 12.2 Å². The smallest absolute Gasteiger partial charge is 0.320 e. The van der Waals surface area contributed by atoms with Gasteiger partial charge in [-0.05, 0) is 19.3 Å². The van der Waals surface area contributed by atoms with Crippen molar-refractivity contribution in [2.24, 2.45) is 0 Å². The Morgan fingerprint density at radius 1 is 1.46 bits per heavy atom. The molecule has 0 saturated carbocycles. The number of nitrogens with zero attached hydrogens (tertiary/aromatic N) is 2. The third-order valence-electron chi connectivity index (χ3n) is 2.88. The van der Waals surface area contributed by atoms with Crippen LogP contribution >= 0.6 is 0 Å². The van der Waals surface area contributed by atoms with Crippen molar-refractivity contribution in [2.75, 3.05) is 20.1 Å². The fourth-order valence-corrected chi connectivity index (χ4v) is 2.03. The molecule has 0 aromatic heterocycles. The van der Waals surface area contributed by atoms with Crippen LogP contribution in [0.3, 0.4) is 0 Å². The van der Waals surface area contributed by atoms with Crippen molar-refractivity contribution in [2.45, 2.75) is 25.3 Å². The molecule has 1 aliphatic heterocycles. The van der Waals surface area contributed by atoms with Gasteiger partial charge in [0.1, 0.15) is 0 Å². The number of rotatable bonds is 1. The largest absolute Gasteiger partial charge is 0.326 e. The summed E-state index contributed by atoms with van der Waals surface area (Å²) in [5.74, 6) is 0. The minimum absolute atomic E-state index is 0.191. The topological polar surface area (TPSA) is 23.6 Å². The van der Waals surface area contributed by atoms with Crippen LogP contribution in [0.4, 0.5) is 4.79 Å². The van der Waals surface area contributed by atoms with E-state index < -0.39 is 0 Å². The molecule has 0 aromatic carbocycles. The molecular formula is C10H16N2O. The van der Waals surface area contributed by atoms with E-state index in [0.717, 1.165) is 19.5 Å². The lowest BCUT2D eigenvalue weighted by Crippen LogP contribution is -2.37. The molecule has 0 bridgehead atoms. The van der Waals surface area contributed by atoms with Crippen molar-refractivity contribution in [3.8, 4) is 0 Å². The van der Waals surface area contributed by atoms with Crippen LogP contribution < -0.4 is 0 Å². The summed E-state index contributed by atoms with van der Waals surface area (Å²) in [6.07, 6.45) is 7.90. The molecule has 72 valence electrons. The number of hydrogen-bond donors (Lipinski definition) is 0. The second kappa shape index (κ2) is 3.40. The average molecular weight is 180 g/mol. The number of allylic oxidation sites excluding steroid dienone is 1. The standard InChI is InChI=1S/C10H16N2O/c1-11-7-8-12(10(11)13)9-5-3-2-4-6-9/h3,5,9H,2,4,6-8H2,1H3. The molecule has 1 aliphatic carbocycles. The van der Waals surface area contributed by atoms with E-state index >= 15 is 0 Å².